The Bertz CT molecular complexity index is 1020. The van der Waals surface area contributed by atoms with Crippen LogP contribution < -0.4 is 10.6 Å². The number of nitrogens with zero attached hydrogens (tertiary/aromatic N) is 3. The third-order valence-corrected chi connectivity index (χ3v) is 5.96. The zero-order valence-corrected chi connectivity index (χ0v) is 19.4. The quantitative estimate of drug-likeness (QED) is 0.457. The molecule has 32 heavy (non-hydrogen) atoms. The van der Waals surface area contributed by atoms with Gasteiger partial charge in [-0.3, -0.25) is 9.59 Å². The van der Waals surface area contributed by atoms with Crippen molar-refractivity contribution in [1.29, 1.82) is 0 Å². The van der Waals surface area contributed by atoms with E-state index in [1.807, 2.05) is 73.9 Å². The number of amides is 2. The van der Waals surface area contributed by atoms with Crippen LogP contribution in [0.2, 0.25) is 0 Å². The lowest BCUT2D eigenvalue weighted by Crippen LogP contribution is -2.33. The highest BCUT2D eigenvalue weighted by Gasteiger charge is 2.26. The largest absolute Gasteiger partial charge is 0.351 e. The summed E-state index contributed by atoms with van der Waals surface area (Å²) >= 11 is 1.34. The molecule has 0 aliphatic heterocycles. The van der Waals surface area contributed by atoms with E-state index in [0.29, 0.717) is 29.6 Å². The van der Waals surface area contributed by atoms with Crippen molar-refractivity contribution in [2.75, 3.05) is 5.75 Å². The second-order valence-electron chi connectivity index (χ2n) is 7.70. The third-order valence-electron chi connectivity index (χ3n) is 4.99. The third kappa shape index (κ3) is 6.20. The summed E-state index contributed by atoms with van der Waals surface area (Å²) in [5.41, 5.74) is 1.66. The van der Waals surface area contributed by atoms with Crippen molar-refractivity contribution >= 4 is 23.6 Å². The van der Waals surface area contributed by atoms with Gasteiger partial charge in [0, 0.05) is 18.7 Å². The lowest BCUT2D eigenvalue weighted by atomic mass is 10.0. The molecule has 7 nitrogen and oxygen atoms in total. The highest BCUT2D eigenvalue weighted by atomic mass is 32.2. The normalized spacial score (nSPS) is 11.9. The van der Waals surface area contributed by atoms with E-state index in [0.717, 1.165) is 5.56 Å². The molecule has 0 unspecified atom stereocenters. The van der Waals surface area contributed by atoms with E-state index in [9.17, 15) is 9.59 Å². The molecule has 0 aliphatic carbocycles. The highest BCUT2D eigenvalue weighted by molar-refractivity contribution is 7.99. The molecule has 8 heteroatoms. The van der Waals surface area contributed by atoms with Crippen LogP contribution in [0, 0.1) is 5.92 Å². The van der Waals surface area contributed by atoms with E-state index in [1.54, 1.807) is 12.1 Å². The van der Waals surface area contributed by atoms with Gasteiger partial charge in [0.1, 0.15) is 0 Å². The molecular weight excluding hydrogens is 422 g/mol. The molecule has 0 fully saturated rings. The fraction of sp³-hybridized carbons (Fsp3) is 0.333. The van der Waals surface area contributed by atoms with Gasteiger partial charge < -0.3 is 15.2 Å². The number of rotatable bonds is 10. The monoisotopic (exact) mass is 451 g/mol. The number of carbonyl (C=O) groups is 2. The minimum atomic E-state index is -0.295. The smallest absolute Gasteiger partial charge is 0.251 e. The van der Waals surface area contributed by atoms with E-state index >= 15 is 0 Å². The van der Waals surface area contributed by atoms with E-state index in [1.165, 1.54) is 11.8 Å². The maximum atomic E-state index is 12.7. The molecule has 0 aliphatic rings. The topological polar surface area (TPSA) is 88.9 Å². The van der Waals surface area contributed by atoms with Gasteiger partial charge in [0.2, 0.25) is 5.91 Å². The van der Waals surface area contributed by atoms with Gasteiger partial charge in [-0.05, 0) is 30.5 Å². The maximum absolute atomic E-state index is 12.7. The lowest BCUT2D eigenvalue weighted by Gasteiger charge is -2.22. The molecule has 0 saturated heterocycles. The summed E-state index contributed by atoms with van der Waals surface area (Å²) in [5.74, 6) is 0.838. The van der Waals surface area contributed by atoms with Gasteiger partial charge in [-0.15, -0.1) is 10.2 Å². The molecule has 0 bridgehead atoms. The SMILES string of the molecule is CCn1c(SCC(=O)NCc2ccccc2)nnc1[C@H](NC(=O)c1ccccc1)C(C)C. The standard InChI is InChI=1S/C24H29N5O2S/c1-4-29-22(21(17(2)3)26-23(31)19-13-9-6-10-14-19)27-28-24(29)32-16-20(30)25-15-18-11-7-5-8-12-18/h5-14,17,21H,4,15-16H2,1-3H3,(H,25,30)(H,26,31)/t21-/m1/s1. The Morgan fingerprint density at radius 2 is 1.66 bits per heavy atom. The Balaban J connectivity index is 1.65. The Morgan fingerprint density at radius 3 is 2.28 bits per heavy atom. The van der Waals surface area contributed by atoms with Crippen LogP contribution in [0.4, 0.5) is 0 Å². The van der Waals surface area contributed by atoms with Gasteiger partial charge in [-0.2, -0.15) is 0 Å². The highest BCUT2D eigenvalue weighted by Crippen LogP contribution is 2.25. The Hall–Kier alpha value is -3.13. The zero-order valence-electron chi connectivity index (χ0n) is 18.6. The number of nitrogens with one attached hydrogen (secondary N) is 2. The van der Waals surface area contributed by atoms with Crippen LogP contribution in [-0.2, 0) is 17.9 Å². The van der Waals surface area contributed by atoms with Crippen LogP contribution in [0.5, 0.6) is 0 Å². The average molecular weight is 452 g/mol. The Kier molecular flexibility index (Phi) is 8.44. The molecule has 168 valence electrons. The summed E-state index contributed by atoms with van der Waals surface area (Å²) in [6, 6.07) is 18.6. The Labute approximate surface area is 193 Å². The number of hydrogen-bond donors (Lipinski definition) is 2. The molecule has 3 aromatic rings. The first-order chi connectivity index (χ1) is 15.5. The molecule has 2 aromatic carbocycles. The van der Waals surface area contributed by atoms with E-state index < -0.39 is 0 Å². The molecule has 0 saturated carbocycles. The van der Waals surface area contributed by atoms with Crippen molar-refractivity contribution < 1.29 is 9.59 Å². The van der Waals surface area contributed by atoms with Gasteiger partial charge in [-0.25, -0.2) is 0 Å². The van der Waals surface area contributed by atoms with Crippen LogP contribution >= 0.6 is 11.8 Å². The van der Waals surface area contributed by atoms with Crippen LogP contribution in [0.3, 0.4) is 0 Å². The lowest BCUT2D eigenvalue weighted by molar-refractivity contribution is -0.118. The molecule has 1 atom stereocenters. The number of thioether (sulfide) groups is 1. The van der Waals surface area contributed by atoms with Crippen molar-refractivity contribution in [1.82, 2.24) is 25.4 Å². The maximum Gasteiger partial charge on any atom is 0.251 e. The van der Waals surface area contributed by atoms with Gasteiger partial charge >= 0.3 is 0 Å². The number of aromatic nitrogens is 3. The second-order valence-corrected chi connectivity index (χ2v) is 8.64. The fourth-order valence-electron chi connectivity index (χ4n) is 3.26. The fourth-order valence-corrected chi connectivity index (χ4v) is 4.09. The zero-order chi connectivity index (χ0) is 22.9. The molecule has 0 spiro atoms. The van der Waals surface area contributed by atoms with Gasteiger partial charge in [0.25, 0.3) is 5.91 Å². The molecular formula is C24H29N5O2S. The van der Waals surface area contributed by atoms with Crippen molar-refractivity contribution in [3.8, 4) is 0 Å². The summed E-state index contributed by atoms with van der Waals surface area (Å²) in [6.07, 6.45) is 0. The summed E-state index contributed by atoms with van der Waals surface area (Å²) in [6.45, 7) is 7.21. The molecule has 2 N–H and O–H groups in total. The average Bonchev–Trinajstić information content (AvgIpc) is 3.23. The summed E-state index contributed by atoms with van der Waals surface area (Å²) in [7, 11) is 0. The van der Waals surface area contributed by atoms with Crippen LogP contribution in [-0.4, -0.2) is 32.3 Å². The number of hydrogen-bond acceptors (Lipinski definition) is 5. The number of benzene rings is 2. The van der Waals surface area contributed by atoms with Gasteiger partial charge in [0.15, 0.2) is 11.0 Å². The predicted molar refractivity (Wildman–Crippen MR) is 126 cm³/mol. The minimum absolute atomic E-state index is 0.0659. The molecule has 1 aromatic heterocycles. The summed E-state index contributed by atoms with van der Waals surface area (Å²) < 4.78 is 1.96. The first-order valence-corrected chi connectivity index (χ1v) is 11.7. The van der Waals surface area contributed by atoms with Crippen LogP contribution in [0.15, 0.2) is 65.8 Å². The van der Waals surface area contributed by atoms with E-state index in [4.69, 9.17) is 0 Å². The molecule has 0 radical (unpaired) electrons. The molecule has 2 amide bonds. The van der Waals surface area contributed by atoms with Gasteiger partial charge in [-0.1, -0.05) is 74.1 Å². The van der Waals surface area contributed by atoms with Crippen molar-refractivity contribution in [2.24, 2.45) is 5.92 Å². The molecule has 1 heterocycles. The first kappa shape index (κ1) is 23.5. The van der Waals surface area contributed by atoms with Crippen molar-refractivity contribution in [3.63, 3.8) is 0 Å². The van der Waals surface area contributed by atoms with Crippen LogP contribution in [0.1, 0.15) is 48.6 Å². The van der Waals surface area contributed by atoms with E-state index in [2.05, 4.69) is 20.8 Å². The van der Waals surface area contributed by atoms with Crippen molar-refractivity contribution in [2.45, 2.75) is 45.1 Å². The molecule has 3 rings (SSSR count). The van der Waals surface area contributed by atoms with E-state index in [-0.39, 0.29) is 29.5 Å². The number of carbonyl (C=O) groups excluding carboxylic acids is 2. The first-order valence-electron chi connectivity index (χ1n) is 10.7. The van der Waals surface area contributed by atoms with Crippen LogP contribution in [0.25, 0.3) is 0 Å². The summed E-state index contributed by atoms with van der Waals surface area (Å²) in [4.78, 5) is 25.0. The minimum Gasteiger partial charge on any atom is -0.351 e. The second kappa shape index (κ2) is 11.5. The predicted octanol–water partition coefficient (Wildman–Crippen LogP) is 3.83. The van der Waals surface area contributed by atoms with Crippen molar-refractivity contribution in [3.05, 3.63) is 77.6 Å². The Morgan fingerprint density at radius 1 is 1.00 bits per heavy atom. The summed E-state index contributed by atoms with van der Waals surface area (Å²) in [5, 5.41) is 15.4. The van der Waals surface area contributed by atoms with Gasteiger partial charge in [0.05, 0.1) is 11.8 Å².